The second-order valence-electron chi connectivity index (χ2n) is 19.0. The molecule has 4 aromatic carbocycles. The summed E-state index contributed by atoms with van der Waals surface area (Å²) in [5.74, 6) is 6.33. The van der Waals surface area contributed by atoms with Crippen LogP contribution in [0.2, 0.25) is 10.0 Å². The highest BCUT2D eigenvalue weighted by atomic mass is 35.5. The molecule has 6 N–H and O–H groups in total. The molecule has 23 nitrogen and oxygen atoms in total. The number of benzene rings is 4. The first kappa shape index (κ1) is 71.1. The Kier molecular flexibility index (Phi) is 23.1. The van der Waals surface area contributed by atoms with Gasteiger partial charge in [-0.3, -0.25) is 24.5 Å². The largest absolute Gasteiger partial charge is 0.524 e. The molecule has 0 fully saturated rings. The number of carbonyl (C=O) groups excluding carboxylic acids is 2. The first-order chi connectivity index (χ1) is 38.0. The van der Waals surface area contributed by atoms with Gasteiger partial charge in [0.15, 0.2) is 30.1 Å². The Morgan fingerprint density at radius 1 is 0.607 bits per heavy atom. The van der Waals surface area contributed by atoms with E-state index in [9.17, 15) is 69.6 Å². The summed E-state index contributed by atoms with van der Waals surface area (Å²) in [7, 11) is -18.1. The molecular formula is C49H56Cl2F6N10O13S4. The summed E-state index contributed by atoms with van der Waals surface area (Å²) in [6.07, 6.45) is 2.59. The number of nitrogens with zero attached hydrogens (tertiary/aromatic N) is 5. The van der Waals surface area contributed by atoms with Crippen molar-refractivity contribution in [2.75, 3.05) is 16.5 Å². The number of aromatic nitrogens is 5. The summed E-state index contributed by atoms with van der Waals surface area (Å²) in [4.78, 5) is 30.8. The average Bonchev–Trinajstić information content (AvgIpc) is 2.33. The van der Waals surface area contributed by atoms with Gasteiger partial charge in [-0.2, -0.15) is 43.2 Å². The number of oxazole rings is 2. The van der Waals surface area contributed by atoms with E-state index in [4.69, 9.17) is 37.9 Å². The fraction of sp³-hybridized carbons (Fsp3) is 0.306. The molecule has 2 amide bonds. The van der Waals surface area contributed by atoms with Crippen LogP contribution in [0.15, 0.2) is 116 Å². The van der Waals surface area contributed by atoms with Gasteiger partial charge in [0.05, 0.1) is 26.7 Å². The number of rotatable bonds is 12. The zero-order chi connectivity index (χ0) is 63.1. The Morgan fingerprint density at radius 2 is 1.02 bits per heavy atom. The second-order valence-corrected chi connectivity index (χ2v) is 26.5. The molecular weight excluding hydrogens is 1250 g/mol. The predicted molar refractivity (Wildman–Crippen MR) is 299 cm³/mol. The minimum Gasteiger partial charge on any atom is -0.448 e. The van der Waals surface area contributed by atoms with Crippen LogP contribution in [0.1, 0.15) is 92.5 Å². The van der Waals surface area contributed by atoms with Crippen LogP contribution in [0.3, 0.4) is 0 Å². The van der Waals surface area contributed by atoms with Gasteiger partial charge in [-0.25, -0.2) is 32.6 Å². The van der Waals surface area contributed by atoms with Gasteiger partial charge in [0.1, 0.15) is 17.2 Å². The lowest BCUT2D eigenvalue weighted by Gasteiger charge is -2.19. The third kappa shape index (κ3) is 18.2. The van der Waals surface area contributed by atoms with Crippen LogP contribution in [0.5, 0.6) is 0 Å². The van der Waals surface area contributed by atoms with E-state index in [-0.39, 0.29) is 50.2 Å². The van der Waals surface area contributed by atoms with Crippen LogP contribution >= 0.6 is 23.2 Å². The van der Waals surface area contributed by atoms with E-state index in [1.54, 1.807) is 75.0 Å². The molecule has 0 aliphatic rings. The molecule has 84 heavy (non-hydrogen) atoms. The Balaban J connectivity index is 0.000000319. The van der Waals surface area contributed by atoms with E-state index in [0.29, 0.717) is 50.8 Å². The Bertz CT molecular complexity index is 3880. The number of anilines is 2. The number of hydrazine groups is 1. The molecule has 3 aromatic heterocycles. The number of amides is 2. The zero-order valence-corrected chi connectivity index (χ0v) is 49.8. The van der Waals surface area contributed by atoms with Crippen molar-refractivity contribution in [3.05, 3.63) is 142 Å². The molecule has 460 valence electrons. The van der Waals surface area contributed by atoms with Crippen molar-refractivity contribution in [2.45, 2.75) is 94.5 Å². The second kappa shape index (κ2) is 27.3. The van der Waals surface area contributed by atoms with E-state index in [1.165, 1.54) is 43.1 Å². The van der Waals surface area contributed by atoms with Gasteiger partial charge in [0.2, 0.25) is 0 Å². The smallest absolute Gasteiger partial charge is 0.448 e. The number of aryl methyl sites for hydroxylation is 2. The fourth-order valence-electron chi connectivity index (χ4n) is 6.46. The molecule has 7 rings (SSSR count). The number of nitrogens with two attached hydrogens (primary N) is 1. The number of hydrogen-bond donors (Lipinski definition) is 5. The third-order valence-corrected chi connectivity index (χ3v) is 16.7. The molecule has 0 radical (unpaired) electrons. The minimum atomic E-state index is -6.85. The number of nitrogens with one attached hydrogen (secondary N) is 4. The summed E-state index contributed by atoms with van der Waals surface area (Å²) in [5, 5.41) is 11.7. The van der Waals surface area contributed by atoms with Crippen LogP contribution in [-0.4, -0.2) is 88.3 Å². The summed E-state index contributed by atoms with van der Waals surface area (Å²) >= 11 is 12.1. The van der Waals surface area contributed by atoms with E-state index in [1.807, 2.05) is 42.0 Å². The Hall–Kier alpha value is -7.14. The Morgan fingerprint density at radius 3 is 1.42 bits per heavy atom. The number of alkyl halides is 6. The highest BCUT2D eigenvalue weighted by Crippen LogP contribution is 2.35. The topological polar surface area (TPSA) is 337 Å². The van der Waals surface area contributed by atoms with Gasteiger partial charge in [-0.15, -0.1) is 13.8 Å². The molecule has 0 spiro atoms. The number of nitrogen functional groups attached to an aromatic ring is 1. The van der Waals surface area contributed by atoms with Gasteiger partial charge in [0, 0.05) is 29.7 Å². The molecule has 7 aromatic rings. The van der Waals surface area contributed by atoms with Crippen molar-refractivity contribution in [3.8, 4) is 22.9 Å². The molecule has 0 saturated heterocycles. The van der Waals surface area contributed by atoms with E-state index >= 15 is 0 Å². The van der Waals surface area contributed by atoms with Gasteiger partial charge in [-0.05, 0) is 96.5 Å². The molecule has 0 bridgehead atoms. The van der Waals surface area contributed by atoms with Crippen LogP contribution in [0.25, 0.3) is 22.9 Å². The SMILES string of the molecule is C.CC(C)(C)c1ccc(S(=O)(=O)Nc2ccc(Cl)cc2C(=O)NN)cc1.CNC(=O)c1ncoc1C.Cc1ocnc1-c1nnc(-c2cc(Cl)ccc2NS(=O)(=O)c2ccc(C(C)(C)C)cc2)n1C.O=S(=O)(OS(=O)(=O)C(F)(F)F)C(F)(F)F. The average molecular weight is 1310 g/mol. The van der Waals surface area contributed by atoms with Gasteiger partial charge < -0.3 is 18.7 Å². The maximum absolute atomic E-state index is 13.1. The van der Waals surface area contributed by atoms with Gasteiger partial charge in [0.25, 0.3) is 31.9 Å². The van der Waals surface area contributed by atoms with E-state index in [2.05, 4.69) is 55.7 Å². The first-order valence-corrected chi connectivity index (χ1v) is 29.6. The lowest BCUT2D eigenvalue weighted by Crippen LogP contribution is -2.34. The lowest BCUT2D eigenvalue weighted by molar-refractivity contribution is -0.0586. The quantitative estimate of drug-likeness (QED) is 0.0250. The predicted octanol–water partition coefficient (Wildman–Crippen LogP) is 9.92. The molecule has 35 heteroatoms. The summed E-state index contributed by atoms with van der Waals surface area (Å²) in [6, 6.07) is 22.5. The summed E-state index contributed by atoms with van der Waals surface area (Å²) in [5.41, 5.74) is -6.81. The number of halogens is 8. The molecule has 0 saturated carbocycles. The Labute approximate surface area is 490 Å². The van der Waals surface area contributed by atoms with Gasteiger partial charge in [-0.1, -0.05) is 96.4 Å². The van der Waals surface area contributed by atoms with Crippen LogP contribution in [0, 0.1) is 13.8 Å². The van der Waals surface area contributed by atoms with Crippen LogP contribution in [-0.2, 0) is 61.8 Å². The normalized spacial score (nSPS) is 12.2. The monoisotopic (exact) mass is 1300 g/mol. The molecule has 0 aliphatic heterocycles. The van der Waals surface area contributed by atoms with E-state index in [0.717, 1.165) is 11.1 Å². The van der Waals surface area contributed by atoms with Crippen molar-refractivity contribution in [1.82, 2.24) is 35.5 Å². The zero-order valence-electron chi connectivity index (χ0n) is 45.0. The molecule has 0 atom stereocenters. The van der Waals surface area contributed by atoms with Crippen LogP contribution in [0.4, 0.5) is 37.7 Å². The summed E-state index contributed by atoms with van der Waals surface area (Å²) < 4.78 is 178. The van der Waals surface area contributed by atoms with E-state index < -0.39 is 57.2 Å². The lowest BCUT2D eigenvalue weighted by atomic mass is 9.87. The first-order valence-electron chi connectivity index (χ1n) is 23.1. The molecule has 0 aliphatic carbocycles. The highest BCUT2D eigenvalue weighted by Gasteiger charge is 2.57. The van der Waals surface area contributed by atoms with Crippen molar-refractivity contribution in [3.63, 3.8) is 0 Å². The fourth-order valence-corrected chi connectivity index (χ4v) is 10.5. The van der Waals surface area contributed by atoms with Crippen LogP contribution < -0.4 is 26.0 Å². The van der Waals surface area contributed by atoms with Gasteiger partial charge >= 0.3 is 31.3 Å². The van der Waals surface area contributed by atoms with Crippen molar-refractivity contribution >= 4 is 86.7 Å². The van der Waals surface area contributed by atoms with Crippen molar-refractivity contribution < 1.29 is 82.1 Å². The maximum Gasteiger partial charge on any atom is 0.524 e. The number of hydrogen-bond acceptors (Lipinski definition) is 18. The standard InChI is InChI=1S/C23H24ClN5O3S.C17H20ClN3O3S.C6H8N2O2.C2F6O5S2.CH4/c1-14-20(25-13-32-14)22-27-26-21(29(22)5)18-12-16(24)8-11-19(18)28-33(30,31)17-9-6-15(7-10-17)23(2,3)4;1-17(2,3)11-4-7-13(8-5-11)25(23,24)21-15-9-6-12(18)10-14(15)16(22)20-19;1-4-5(6(9)7-2)8-3-10-4;3-1(4,5)14(9,10)13-15(11,12)2(6,7)8;/h6-13,28H,1-5H3;4-10,21H,19H2,1-3H3,(H,20,22);3H,1-2H3,(H,7,9);;1H4. The summed E-state index contributed by atoms with van der Waals surface area (Å²) in [6.45, 7) is 15.8. The number of carbonyl (C=O) groups is 2. The highest BCUT2D eigenvalue weighted by molar-refractivity contribution is 8.00. The third-order valence-electron chi connectivity index (χ3n) is 10.9. The molecule has 0 unspecified atom stereocenters. The maximum atomic E-state index is 13.1. The van der Waals surface area contributed by atoms with Crippen molar-refractivity contribution in [1.29, 1.82) is 0 Å². The minimum absolute atomic E-state index is 0. The van der Waals surface area contributed by atoms with Crippen molar-refractivity contribution in [2.24, 2.45) is 12.9 Å². The molecule has 3 heterocycles. The number of sulfonamides is 2.